The molecule has 0 aliphatic heterocycles. The number of esters is 1. The number of amides is 1. The van der Waals surface area contributed by atoms with Gasteiger partial charge < -0.3 is 20.3 Å². The van der Waals surface area contributed by atoms with E-state index in [1.165, 1.54) is 315 Å². The summed E-state index contributed by atoms with van der Waals surface area (Å²) in [5, 5.41) is 23.4. The van der Waals surface area contributed by atoms with E-state index in [0.717, 1.165) is 51.4 Å². The van der Waals surface area contributed by atoms with Gasteiger partial charge in [0.15, 0.2) is 0 Å². The summed E-state index contributed by atoms with van der Waals surface area (Å²) < 4.78 is 5.48. The molecule has 0 fully saturated rings. The van der Waals surface area contributed by atoms with E-state index in [-0.39, 0.29) is 18.5 Å². The van der Waals surface area contributed by atoms with E-state index < -0.39 is 12.1 Å². The van der Waals surface area contributed by atoms with Crippen LogP contribution in [0.5, 0.6) is 0 Å². The predicted octanol–water partition coefficient (Wildman–Crippen LogP) is 22.9. The lowest BCUT2D eigenvalue weighted by atomic mass is 10.0. The number of unbranched alkanes of at least 4 members (excludes halogenated alkanes) is 52. The first-order valence-corrected chi connectivity index (χ1v) is 35.6. The number of carbonyl (C=O) groups excluding carboxylic acids is 2. The fourth-order valence-electron chi connectivity index (χ4n) is 11.3. The summed E-state index contributed by atoms with van der Waals surface area (Å²) in [7, 11) is 0. The average Bonchev–Trinajstić information content (AvgIpc) is 3.44. The molecule has 0 aromatic rings. The van der Waals surface area contributed by atoms with Gasteiger partial charge in [0.2, 0.25) is 5.91 Å². The third kappa shape index (κ3) is 63.5. The Balaban J connectivity index is 3.35. The molecule has 0 saturated heterocycles. The van der Waals surface area contributed by atoms with Crippen molar-refractivity contribution in [3.8, 4) is 0 Å². The standard InChI is InChI=1S/C72H139NO5/c1-3-5-7-9-11-13-15-17-18-19-20-31-34-37-41-44-48-52-56-60-64-70(75)69(68-74)73-71(76)65-61-57-53-49-45-42-38-35-32-29-27-25-23-21-22-24-26-28-30-33-36-39-43-47-51-55-59-63-67-78-72(77)66-62-58-54-50-46-40-16-14-12-10-8-6-4-2/h8,10,14,16,69-70,74-75H,3-7,9,11-13,15,17-68H2,1-2H3,(H,73,76)/b10-8-,16-14-. The molecule has 462 valence electrons. The Hall–Kier alpha value is -1.66. The van der Waals surface area contributed by atoms with Crippen molar-refractivity contribution in [2.24, 2.45) is 0 Å². The first kappa shape index (κ1) is 76.3. The van der Waals surface area contributed by atoms with Crippen LogP contribution in [0, 0.1) is 0 Å². The number of aliphatic hydroxyl groups excluding tert-OH is 2. The maximum absolute atomic E-state index is 12.5. The predicted molar refractivity (Wildman–Crippen MR) is 343 cm³/mol. The molecule has 0 spiro atoms. The minimum absolute atomic E-state index is 0.00409. The highest BCUT2D eigenvalue weighted by Crippen LogP contribution is 2.19. The molecule has 6 nitrogen and oxygen atoms in total. The highest BCUT2D eigenvalue weighted by atomic mass is 16.5. The van der Waals surface area contributed by atoms with Crippen LogP contribution in [0.15, 0.2) is 24.3 Å². The summed E-state index contributed by atoms with van der Waals surface area (Å²) in [6, 6.07) is -0.540. The van der Waals surface area contributed by atoms with Gasteiger partial charge in [-0.25, -0.2) is 0 Å². The smallest absolute Gasteiger partial charge is 0.305 e. The number of hydrogen-bond acceptors (Lipinski definition) is 5. The summed E-state index contributed by atoms with van der Waals surface area (Å²) in [6.07, 6.45) is 85.2. The van der Waals surface area contributed by atoms with Crippen molar-refractivity contribution in [2.45, 2.75) is 411 Å². The van der Waals surface area contributed by atoms with Crippen LogP contribution < -0.4 is 5.32 Å². The summed E-state index contributed by atoms with van der Waals surface area (Å²) in [4.78, 5) is 24.6. The van der Waals surface area contributed by atoms with Crippen LogP contribution in [0.2, 0.25) is 0 Å². The van der Waals surface area contributed by atoms with Crippen LogP contribution in [-0.4, -0.2) is 47.4 Å². The zero-order valence-electron chi connectivity index (χ0n) is 52.9. The number of carbonyl (C=O) groups is 2. The van der Waals surface area contributed by atoms with E-state index in [1.807, 2.05) is 0 Å². The van der Waals surface area contributed by atoms with Crippen molar-refractivity contribution in [3.63, 3.8) is 0 Å². The van der Waals surface area contributed by atoms with Gasteiger partial charge in [-0.1, -0.05) is 359 Å². The lowest BCUT2D eigenvalue weighted by Gasteiger charge is -2.22. The SMILES string of the molecule is CCC/C=C\C/C=C\CCCCCCCC(=O)OCCCCCCCCCCCCCCCCCCCCCCCCCCCCCCC(=O)NC(CO)C(O)CCCCCCCCCCCCCCCCCCCCCC. The fraction of sp³-hybridized carbons (Fsp3) is 0.917. The van der Waals surface area contributed by atoms with Crippen LogP contribution in [0.1, 0.15) is 399 Å². The molecule has 0 aromatic heterocycles. The summed E-state index contributed by atoms with van der Waals surface area (Å²) in [6.45, 7) is 4.92. The molecular weight excluding hydrogens is 959 g/mol. The third-order valence-corrected chi connectivity index (χ3v) is 16.7. The zero-order valence-corrected chi connectivity index (χ0v) is 52.9. The van der Waals surface area contributed by atoms with Crippen molar-refractivity contribution < 1.29 is 24.5 Å². The van der Waals surface area contributed by atoms with Gasteiger partial charge >= 0.3 is 5.97 Å². The Morgan fingerprint density at radius 1 is 0.359 bits per heavy atom. The van der Waals surface area contributed by atoms with Crippen LogP contribution in [0.3, 0.4) is 0 Å². The topological polar surface area (TPSA) is 95.9 Å². The van der Waals surface area contributed by atoms with Crippen LogP contribution in [-0.2, 0) is 14.3 Å². The molecule has 0 aliphatic rings. The highest BCUT2D eigenvalue weighted by molar-refractivity contribution is 5.76. The molecule has 0 rings (SSSR count). The van der Waals surface area contributed by atoms with E-state index in [9.17, 15) is 19.8 Å². The zero-order chi connectivity index (χ0) is 56.4. The molecule has 2 unspecified atom stereocenters. The van der Waals surface area contributed by atoms with Crippen LogP contribution >= 0.6 is 0 Å². The maximum Gasteiger partial charge on any atom is 0.305 e. The number of rotatable bonds is 67. The second-order valence-electron chi connectivity index (χ2n) is 24.6. The van der Waals surface area contributed by atoms with Crippen LogP contribution in [0.4, 0.5) is 0 Å². The van der Waals surface area contributed by atoms with E-state index in [4.69, 9.17) is 4.74 Å². The fourth-order valence-corrected chi connectivity index (χ4v) is 11.3. The number of allylic oxidation sites excluding steroid dienone is 4. The monoisotopic (exact) mass is 1100 g/mol. The first-order valence-electron chi connectivity index (χ1n) is 35.6. The number of aliphatic hydroxyl groups is 2. The van der Waals surface area contributed by atoms with Gasteiger partial charge in [-0.05, 0) is 51.4 Å². The molecule has 0 aromatic carbocycles. The number of hydrogen-bond donors (Lipinski definition) is 3. The van der Waals surface area contributed by atoms with Gasteiger partial charge in [-0.2, -0.15) is 0 Å². The Morgan fingerprint density at radius 3 is 1.03 bits per heavy atom. The molecule has 0 heterocycles. The number of nitrogens with one attached hydrogen (secondary N) is 1. The summed E-state index contributed by atoms with van der Waals surface area (Å²) in [5.41, 5.74) is 0. The quantitative estimate of drug-likeness (QED) is 0.0320. The Labute approximate surface area is 488 Å². The Morgan fingerprint density at radius 2 is 0.667 bits per heavy atom. The van der Waals surface area contributed by atoms with Crippen molar-refractivity contribution >= 4 is 11.9 Å². The summed E-state index contributed by atoms with van der Waals surface area (Å²) in [5.74, 6) is -0.0234. The molecule has 2 atom stereocenters. The van der Waals surface area contributed by atoms with Gasteiger partial charge in [-0.3, -0.25) is 9.59 Å². The second-order valence-corrected chi connectivity index (χ2v) is 24.6. The molecule has 78 heavy (non-hydrogen) atoms. The number of ether oxygens (including phenoxy) is 1. The molecule has 3 N–H and O–H groups in total. The third-order valence-electron chi connectivity index (χ3n) is 16.7. The molecule has 0 radical (unpaired) electrons. The maximum atomic E-state index is 12.5. The Bertz CT molecular complexity index is 1220. The van der Waals surface area contributed by atoms with E-state index in [0.29, 0.717) is 25.9 Å². The first-order chi connectivity index (χ1) is 38.5. The minimum Gasteiger partial charge on any atom is -0.466 e. The normalized spacial score (nSPS) is 12.6. The van der Waals surface area contributed by atoms with E-state index in [2.05, 4.69) is 43.5 Å². The largest absolute Gasteiger partial charge is 0.466 e. The Kier molecular flexibility index (Phi) is 66.4. The molecule has 0 aliphatic carbocycles. The molecule has 0 saturated carbocycles. The van der Waals surface area contributed by atoms with E-state index in [1.54, 1.807) is 0 Å². The molecular formula is C72H139NO5. The van der Waals surface area contributed by atoms with Crippen molar-refractivity contribution in [3.05, 3.63) is 24.3 Å². The van der Waals surface area contributed by atoms with Crippen molar-refractivity contribution in [2.75, 3.05) is 13.2 Å². The van der Waals surface area contributed by atoms with Gasteiger partial charge in [0.25, 0.3) is 0 Å². The van der Waals surface area contributed by atoms with Gasteiger partial charge in [0.1, 0.15) is 0 Å². The lowest BCUT2D eigenvalue weighted by molar-refractivity contribution is -0.143. The van der Waals surface area contributed by atoms with Crippen LogP contribution in [0.25, 0.3) is 0 Å². The van der Waals surface area contributed by atoms with Crippen molar-refractivity contribution in [1.82, 2.24) is 5.32 Å². The highest BCUT2D eigenvalue weighted by Gasteiger charge is 2.20. The molecule has 6 heteroatoms. The lowest BCUT2D eigenvalue weighted by Crippen LogP contribution is -2.45. The van der Waals surface area contributed by atoms with Gasteiger partial charge in [0, 0.05) is 12.8 Å². The van der Waals surface area contributed by atoms with E-state index >= 15 is 0 Å². The van der Waals surface area contributed by atoms with Gasteiger partial charge in [0.05, 0.1) is 25.4 Å². The molecule has 1 amide bonds. The van der Waals surface area contributed by atoms with Crippen molar-refractivity contribution in [1.29, 1.82) is 0 Å². The average molecular weight is 1100 g/mol. The second kappa shape index (κ2) is 67.8. The van der Waals surface area contributed by atoms with Gasteiger partial charge in [-0.15, -0.1) is 0 Å². The minimum atomic E-state index is -0.663. The molecule has 0 bridgehead atoms. The summed E-state index contributed by atoms with van der Waals surface area (Å²) >= 11 is 0.